The molecule has 0 fully saturated rings. The summed E-state index contributed by atoms with van der Waals surface area (Å²) in [7, 11) is 0. The molecule has 0 aromatic heterocycles. The fourth-order valence-electron chi connectivity index (χ4n) is 1.19. The summed E-state index contributed by atoms with van der Waals surface area (Å²) in [6, 6.07) is 0. The first-order valence-corrected chi connectivity index (χ1v) is 5.48. The maximum absolute atomic E-state index is 5.26. The summed E-state index contributed by atoms with van der Waals surface area (Å²) >= 11 is 0. The van der Waals surface area contributed by atoms with Crippen molar-refractivity contribution in [2.75, 3.05) is 0 Å². The Morgan fingerprint density at radius 1 is 1.07 bits per heavy atom. The van der Waals surface area contributed by atoms with Crippen LogP contribution in [0.5, 0.6) is 0 Å². The summed E-state index contributed by atoms with van der Waals surface area (Å²) in [5.41, 5.74) is 3.85. The lowest BCUT2D eigenvalue weighted by Gasteiger charge is -1.97. The monoisotopic (exact) mass is 202 g/mol. The summed E-state index contributed by atoms with van der Waals surface area (Å²) in [5.74, 6) is 2.62. The lowest BCUT2D eigenvalue weighted by Crippen LogP contribution is -1.77. The average molecular weight is 202 g/mol. The van der Waals surface area contributed by atoms with Gasteiger partial charge in [-0.3, -0.25) is 0 Å². The minimum Gasteiger partial charge on any atom is -0.115 e. The van der Waals surface area contributed by atoms with Crippen LogP contribution in [0, 0.1) is 12.3 Å². The standard InChI is InChI=1S/C15H22/c1-6-14(4)10-8-12-15(5)11-7-9-13(2)3/h1,9-10,12H,7-8,11H2,2-5H3. The van der Waals surface area contributed by atoms with E-state index >= 15 is 0 Å². The number of rotatable bonds is 5. The third-order valence-electron chi connectivity index (χ3n) is 2.21. The summed E-state index contributed by atoms with van der Waals surface area (Å²) in [5, 5.41) is 0. The van der Waals surface area contributed by atoms with Gasteiger partial charge in [0.1, 0.15) is 0 Å². The van der Waals surface area contributed by atoms with Crippen molar-refractivity contribution < 1.29 is 0 Å². The SMILES string of the molecule is C#CC(C)=CCC=C(C)CCC=C(C)C. The van der Waals surface area contributed by atoms with Crippen LogP contribution in [-0.2, 0) is 0 Å². The van der Waals surface area contributed by atoms with Gasteiger partial charge in [-0.1, -0.05) is 35.3 Å². The van der Waals surface area contributed by atoms with Gasteiger partial charge >= 0.3 is 0 Å². The highest BCUT2D eigenvalue weighted by Crippen LogP contribution is 2.08. The van der Waals surface area contributed by atoms with Crippen LogP contribution in [0.3, 0.4) is 0 Å². The Balaban J connectivity index is 3.91. The van der Waals surface area contributed by atoms with E-state index in [-0.39, 0.29) is 0 Å². The molecule has 15 heavy (non-hydrogen) atoms. The highest BCUT2D eigenvalue weighted by molar-refractivity contribution is 5.23. The van der Waals surface area contributed by atoms with Gasteiger partial charge in [0.2, 0.25) is 0 Å². The first kappa shape index (κ1) is 13.8. The minimum atomic E-state index is 0.955. The first-order chi connectivity index (χ1) is 7.06. The molecule has 0 heteroatoms. The van der Waals surface area contributed by atoms with Crippen molar-refractivity contribution >= 4 is 0 Å². The zero-order valence-corrected chi connectivity index (χ0v) is 10.4. The Labute approximate surface area is 94.8 Å². The van der Waals surface area contributed by atoms with Crippen LogP contribution in [0.25, 0.3) is 0 Å². The molecule has 0 heterocycles. The molecule has 0 atom stereocenters. The van der Waals surface area contributed by atoms with Crippen molar-refractivity contribution in [3.8, 4) is 12.3 Å². The average Bonchev–Trinajstić information content (AvgIpc) is 2.17. The van der Waals surface area contributed by atoms with Crippen molar-refractivity contribution in [2.24, 2.45) is 0 Å². The van der Waals surface area contributed by atoms with Gasteiger partial charge < -0.3 is 0 Å². The molecule has 0 N–H and O–H groups in total. The molecular formula is C15H22. The second kappa shape index (κ2) is 8.12. The number of hydrogen-bond donors (Lipinski definition) is 0. The lowest BCUT2D eigenvalue weighted by molar-refractivity contribution is 0.958. The lowest BCUT2D eigenvalue weighted by atomic mass is 10.1. The van der Waals surface area contributed by atoms with E-state index in [1.54, 1.807) is 0 Å². The molecule has 0 bridgehead atoms. The van der Waals surface area contributed by atoms with E-state index in [1.165, 1.54) is 11.1 Å². The van der Waals surface area contributed by atoms with Gasteiger partial charge in [-0.25, -0.2) is 0 Å². The molecule has 0 aromatic carbocycles. The topological polar surface area (TPSA) is 0 Å². The molecule has 0 rings (SSSR count). The minimum absolute atomic E-state index is 0.955. The molecule has 0 aromatic rings. The third-order valence-corrected chi connectivity index (χ3v) is 2.21. The van der Waals surface area contributed by atoms with Gasteiger partial charge in [-0.15, -0.1) is 6.42 Å². The van der Waals surface area contributed by atoms with Gasteiger partial charge in [0, 0.05) is 0 Å². The third kappa shape index (κ3) is 9.09. The summed E-state index contributed by atoms with van der Waals surface area (Å²) in [4.78, 5) is 0. The summed E-state index contributed by atoms with van der Waals surface area (Å²) in [6.07, 6.45) is 15.1. The van der Waals surface area contributed by atoms with Crippen LogP contribution in [0.1, 0.15) is 47.0 Å². The van der Waals surface area contributed by atoms with Gasteiger partial charge in [0.15, 0.2) is 0 Å². The first-order valence-electron chi connectivity index (χ1n) is 5.48. The van der Waals surface area contributed by atoms with E-state index in [4.69, 9.17) is 6.42 Å². The van der Waals surface area contributed by atoms with Crippen LogP contribution in [0.4, 0.5) is 0 Å². The molecule has 0 amide bonds. The molecule has 0 spiro atoms. The number of allylic oxidation sites excluding steroid dienone is 6. The Hall–Kier alpha value is -1.22. The summed E-state index contributed by atoms with van der Waals surface area (Å²) in [6.45, 7) is 8.42. The Bertz CT molecular complexity index is 301. The number of hydrogen-bond acceptors (Lipinski definition) is 0. The second-order valence-corrected chi connectivity index (χ2v) is 4.14. The second-order valence-electron chi connectivity index (χ2n) is 4.14. The maximum Gasteiger partial charge on any atom is -0.00502 e. The molecule has 0 nitrogen and oxygen atoms in total. The van der Waals surface area contributed by atoms with E-state index in [0.29, 0.717) is 0 Å². The Morgan fingerprint density at radius 2 is 1.73 bits per heavy atom. The molecule has 0 aliphatic rings. The number of terminal acetylenes is 1. The van der Waals surface area contributed by atoms with Gasteiger partial charge in [-0.2, -0.15) is 0 Å². The highest BCUT2D eigenvalue weighted by atomic mass is 13.9. The van der Waals surface area contributed by atoms with E-state index in [9.17, 15) is 0 Å². The van der Waals surface area contributed by atoms with E-state index in [1.807, 2.05) is 6.92 Å². The predicted molar refractivity (Wildman–Crippen MR) is 69.6 cm³/mol. The summed E-state index contributed by atoms with van der Waals surface area (Å²) < 4.78 is 0. The van der Waals surface area contributed by atoms with Crippen LogP contribution >= 0.6 is 0 Å². The van der Waals surface area contributed by atoms with Crippen LogP contribution in [-0.4, -0.2) is 0 Å². The fourth-order valence-corrected chi connectivity index (χ4v) is 1.19. The van der Waals surface area contributed by atoms with Crippen molar-refractivity contribution in [2.45, 2.75) is 47.0 Å². The largest absolute Gasteiger partial charge is 0.115 e. The molecule has 0 aliphatic heterocycles. The van der Waals surface area contributed by atoms with Crippen molar-refractivity contribution in [3.05, 3.63) is 34.9 Å². The normalized spacial score (nSPS) is 12.2. The molecule has 82 valence electrons. The van der Waals surface area contributed by atoms with Gasteiger partial charge in [-0.05, 0) is 52.5 Å². The molecule has 0 unspecified atom stereocenters. The van der Waals surface area contributed by atoms with Gasteiger partial charge in [0.05, 0.1) is 0 Å². The van der Waals surface area contributed by atoms with Crippen LogP contribution < -0.4 is 0 Å². The van der Waals surface area contributed by atoms with E-state index in [0.717, 1.165) is 24.8 Å². The fraction of sp³-hybridized carbons (Fsp3) is 0.467. The Morgan fingerprint density at radius 3 is 2.27 bits per heavy atom. The molecular weight excluding hydrogens is 180 g/mol. The van der Waals surface area contributed by atoms with Crippen molar-refractivity contribution in [3.63, 3.8) is 0 Å². The smallest absolute Gasteiger partial charge is 0.00502 e. The molecule has 0 radical (unpaired) electrons. The van der Waals surface area contributed by atoms with Crippen LogP contribution in [0.2, 0.25) is 0 Å². The Kier molecular flexibility index (Phi) is 7.46. The molecule has 0 aliphatic carbocycles. The predicted octanol–water partition coefficient (Wildman–Crippen LogP) is 4.65. The zero-order chi connectivity index (χ0) is 11.7. The molecule has 0 saturated heterocycles. The van der Waals surface area contributed by atoms with E-state index in [2.05, 4.69) is 44.9 Å². The highest BCUT2D eigenvalue weighted by Gasteiger charge is 1.88. The van der Waals surface area contributed by atoms with E-state index < -0.39 is 0 Å². The molecule has 0 saturated carbocycles. The van der Waals surface area contributed by atoms with Gasteiger partial charge in [0.25, 0.3) is 0 Å². The van der Waals surface area contributed by atoms with Crippen molar-refractivity contribution in [1.29, 1.82) is 0 Å². The van der Waals surface area contributed by atoms with Crippen LogP contribution in [0.15, 0.2) is 34.9 Å². The quantitative estimate of drug-likeness (QED) is 0.449. The van der Waals surface area contributed by atoms with Crippen molar-refractivity contribution in [1.82, 2.24) is 0 Å². The zero-order valence-electron chi connectivity index (χ0n) is 10.4. The maximum atomic E-state index is 5.26.